The summed E-state index contributed by atoms with van der Waals surface area (Å²) in [6, 6.07) is 0. The van der Waals surface area contributed by atoms with Gasteiger partial charge in [0, 0.05) is 12.4 Å². The first-order chi connectivity index (χ1) is 7.83. The maximum Gasteiger partial charge on any atom is 0.154 e. The van der Waals surface area contributed by atoms with E-state index in [4.69, 9.17) is 9.47 Å². The van der Waals surface area contributed by atoms with E-state index in [1.54, 1.807) is 0 Å². The van der Waals surface area contributed by atoms with Crippen LogP contribution in [0.4, 0.5) is 0 Å². The molecule has 0 aromatic carbocycles. The van der Waals surface area contributed by atoms with E-state index in [0.717, 1.165) is 24.9 Å². The smallest absolute Gasteiger partial charge is 0.154 e. The Labute approximate surface area is 104 Å². The molecule has 1 fully saturated rings. The van der Waals surface area contributed by atoms with Crippen LogP contribution in [-0.4, -0.2) is 31.5 Å². The van der Waals surface area contributed by atoms with Crippen LogP contribution in [0.15, 0.2) is 0 Å². The Hall–Kier alpha value is 0.270. The molecular weight excluding hydrogens is 220 g/mol. The van der Waals surface area contributed by atoms with Gasteiger partial charge in [-0.15, -0.1) is 0 Å². The second-order valence-corrected chi connectivity index (χ2v) is 5.58. The zero-order valence-electron chi connectivity index (χ0n) is 10.7. The minimum absolute atomic E-state index is 0.0317. The molecule has 0 saturated heterocycles. The lowest BCUT2D eigenvalue weighted by atomic mass is 9.87. The van der Waals surface area contributed by atoms with Crippen LogP contribution in [0.2, 0.25) is 0 Å². The van der Waals surface area contributed by atoms with Crippen molar-refractivity contribution in [2.45, 2.75) is 51.7 Å². The highest BCUT2D eigenvalue weighted by atomic mass is 32.2. The normalized spacial score (nSPS) is 19.9. The standard InChI is InChI=1S/C13H26O2S/c1-12(15-10-11-16-2)14-9-8-13-6-4-3-5-7-13/h12-13H,3-11H2,1-2H3. The summed E-state index contributed by atoms with van der Waals surface area (Å²) < 4.78 is 11.2. The van der Waals surface area contributed by atoms with Crippen molar-refractivity contribution in [1.29, 1.82) is 0 Å². The highest BCUT2D eigenvalue weighted by Crippen LogP contribution is 2.26. The lowest BCUT2D eigenvalue weighted by Gasteiger charge is -2.22. The molecule has 3 heteroatoms. The zero-order valence-corrected chi connectivity index (χ0v) is 11.6. The Morgan fingerprint density at radius 1 is 1.12 bits per heavy atom. The predicted molar refractivity (Wildman–Crippen MR) is 70.9 cm³/mol. The topological polar surface area (TPSA) is 18.5 Å². The molecular formula is C13H26O2S. The van der Waals surface area contributed by atoms with E-state index in [2.05, 4.69) is 6.26 Å². The fraction of sp³-hybridized carbons (Fsp3) is 1.00. The quantitative estimate of drug-likeness (QED) is 0.480. The van der Waals surface area contributed by atoms with Crippen LogP contribution in [0.3, 0.4) is 0 Å². The molecule has 1 unspecified atom stereocenters. The van der Waals surface area contributed by atoms with Crippen LogP contribution >= 0.6 is 11.8 Å². The molecule has 2 nitrogen and oxygen atoms in total. The molecule has 0 N–H and O–H groups in total. The van der Waals surface area contributed by atoms with Crippen molar-refractivity contribution in [1.82, 2.24) is 0 Å². The van der Waals surface area contributed by atoms with Gasteiger partial charge in [0.2, 0.25) is 0 Å². The zero-order chi connectivity index (χ0) is 11.6. The third-order valence-corrected chi connectivity index (χ3v) is 3.82. The summed E-state index contributed by atoms with van der Waals surface area (Å²) in [5, 5.41) is 0. The van der Waals surface area contributed by atoms with Gasteiger partial charge in [-0.2, -0.15) is 11.8 Å². The summed E-state index contributed by atoms with van der Waals surface area (Å²) in [5.74, 6) is 1.96. The molecule has 0 bridgehead atoms. The van der Waals surface area contributed by atoms with Crippen molar-refractivity contribution in [3.05, 3.63) is 0 Å². The van der Waals surface area contributed by atoms with Crippen molar-refractivity contribution < 1.29 is 9.47 Å². The van der Waals surface area contributed by atoms with Gasteiger partial charge in [-0.25, -0.2) is 0 Å². The Morgan fingerprint density at radius 3 is 2.50 bits per heavy atom. The minimum atomic E-state index is -0.0317. The molecule has 0 aromatic rings. The molecule has 0 aliphatic heterocycles. The van der Waals surface area contributed by atoms with E-state index in [9.17, 15) is 0 Å². The molecule has 0 radical (unpaired) electrons. The summed E-state index contributed by atoms with van der Waals surface area (Å²) in [6.45, 7) is 3.66. The molecule has 1 rings (SSSR count). The van der Waals surface area contributed by atoms with Gasteiger partial charge in [0.1, 0.15) is 0 Å². The van der Waals surface area contributed by atoms with Gasteiger partial charge in [0.15, 0.2) is 6.29 Å². The fourth-order valence-corrected chi connectivity index (χ4v) is 2.48. The summed E-state index contributed by atoms with van der Waals surface area (Å²) >= 11 is 1.81. The first-order valence-corrected chi connectivity index (χ1v) is 7.94. The van der Waals surface area contributed by atoms with Crippen LogP contribution in [-0.2, 0) is 9.47 Å². The third kappa shape index (κ3) is 6.77. The third-order valence-electron chi connectivity index (χ3n) is 3.24. The minimum Gasteiger partial charge on any atom is -0.353 e. The summed E-state index contributed by atoms with van der Waals surface area (Å²) in [5.41, 5.74) is 0. The molecule has 0 amide bonds. The first-order valence-electron chi connectivity index (χ1n) is 6.55. The average molecular weight is 246 g/mol. The predicted octanol–water partition coefficient (Wildman–Crippen LogP) is 3.70. The van der Waals surface area contributed by atoms with Gasteiger partial charge < -0.3 is 9.47 Å². The van der Waals surface area contributed by atoms with Crippen LogP contribution < -0.4 is 0 Å². The number of hydrogen-bond acceptors (Lipinski definition) is 3. The first kappa shape index (κ1) is 14.3. The Kier molecular flexibility index (Phi) is 8.34. The number of rotatable bonds is 8. The van der Waals surface area contributed by atoms with E-state index in [1.165, 1.54) is 38.5 Å². The highest BCUT2D eigenvalue weighted by molar-refractivity contribution is 7.98. The summed E-state index contributed by atoms with van der Waals surface area (Å²) in [4.78, 5) is 0. The van der Waals surface area contributed by atoms with Crippen LogP contribution in [0.1, 0.15) is 45.4 Å². The molecule has 1 atom stereocenters. The van der Waals surface area contributed by atoms with Gasteiger partial charge >= 0.3 is 0 Å². The lowest BCUT2D eigenvalue weighted by molar-refractivity contribution is -0.128. The Balaban J connectivity index is 1.92. The maximum atomic E-state index is 5.66. The van der Waals surface area contributed by atoms with Gasteiger partial charge in [0.05, 0.1) is 6.61 Å². The lowest BCUT2D eigenvalue weighted by Crippen LogP contribution is -2.17. The summed E-state index contributed by atoms with van der Waals surface area (Å²) in [6.07, 6.45) is 10.4. The van der Waals surface area contributed by atoms with Crippen molar-refractivity contribution >= 4 is 11.8 Å². The molecule has 1 aliphatic carbocycles. The van der Waals surface area contributed by atoms with E-state index in [0.29, 0.717) is 0 Å². The monoisotopic (exact) mass is 246 g/mol. The second kappa shape index (κ2) is 9.32. The largest absolute Gasteiger partial charge is 0.353 e. The second-order valence-electron chi connectivity index (χ2n) is 4.59. The Morgan fingerprint density at radius 2 is 1.81 bits per heavy atom. The van der Waals surface area contributed by atoms with E-state index < -0.39 is 0 Å². The van der Waals surface area contributed by atoms with E-state index in [-0.39, 0.29) is 6.29 Å². The molecule has 96 valence electrons. The average Bonchev–Trinajstić information content (AvgIpc) is 2.31. The van der Waals surface area contributed by atoms with Crippen LogP contribution in [0.25, 0.3) is 0 Å². The molecule has 1 saturated carbocycles. The molecule has 0 aromatic heterocycles. The maximum absolute atomic E-state index is 5.66. The number of hydrogen-bond donors (Lipinski definition) is 0. The fourth-order valence-electron chi connectivity index (χ4n) is 2.22. The summed E-state index contributed by atoms with van der Waals surface area (Å²) in [7, 11) is 0. The van der Waals surface area contributed by atoms with Crippen molar-refractivity contribution in [2.75, 3.05) is 25.2 Å². The van der Waals surface area contributed by atoms with Crippen molar-refractivity contribution in [3.63, 3.8) is 0 Å². The van der Waals surface area contributed by atoms with Gasteiger partial charge in [-0.1, -0.05) is 32.1 Å². The molecule has 1 aliphatic rings. The van der Waals surface area contributed by atoms with Crippen molar-refractivity contribution in [2.24, 2.45) is 5.92 Å². The highest BCUT2D eigenvalue weighted by Gasteiger charge is 2.13. The molecule has 16 heavy (non-hydrogen) atoms. The van der Waals surface area contributed by atoms with E-state index >= 15 is 0 Å². The van der Waals surface area contributed by atoms with Gasteiger partial charge in [-0.05, 0) is 25.5 Å². The van der Waals surface area contributed by atoms with Gasteiger partial charge in [-0.3, -0.25) is 0 Å². The SMILES string of the molecule is CSCCOC(C)OCCC1CCCCC1. The molecule has 0 spiro atoms. The number of thioether (sulfide) groups is 1. The number of ether oxygens (including phenoxy) is 2. The Bertz CT molecular complexity index is 158. The van der Waals surface area contributed by atoms with E-state index in [1.807, 2.05) is 18.7 Å². The van der Waals surface area contributed by atoms with Crippen molar-refractivity contribution in [3.8, 4) is 0 Å². The molecule has 0 heterocycles. The van der Waals surface area contributed by atoms with Crippen LogP contribution in [0, 0.1) is 5.92 Å². The van der Waals surface area contributed by atoms with Crippen LogP contribution in [0.5, 0.6) is 0 Å². The van der Waals surface area contributed by atoms with Gasteiger partial charge in [0.25, 0.3) is 0 Å².